The number of benzene rings is 2. The van der Waals surface area contributed by atoms with Gasteiger partial charge in [0.1, 0.15) is 5.75 Å². The maximum absolute atomic E-state index is 12.7. The quantitative estimate of drug-likeness (QED) is 0.802. The van der Waals surface area contributed by atoms with Crippen LogP contribution in [0.4, 0.5) is 5.69 Å². The first kappa shape index (κ1) is 19.5. The smallest absolute Gasteiger partial charge is 0.265 e. The molecule has 1 heterocycles. The van der Waals surface area contributed by atoms with Crippen LogP contribution in [0, 0.1) is 0 Å². The normalized spacial score (nSPS) is 16.2. The average molecular weight is 392 g/mol. The van der Waals surface area contributed by atoms with Gasteiger partial charge in [-0.05, 0) is 60.1 Å². The Balaban J connectivity index is 1.61. The van der Waals surface area contributed by atoms with E-state index in [0.717, 1.165) is 36.3 Å². The first-order chi connectivity index (χ1) is 13.9. The van der Waals surface area contributed by atoms with Crippen molar-refractivity contribution in [1.29, 1.82) is 0 Å². The number of anilines is 1. The van der Waals surface area contributed by atoms with Crippen molar-refractivity contribution < 1.29 is 14.3 Å². The van der Waals surface area contributed by atoms with Gasteiger partial charge in [-0.2, -0.15) is 0 Å². The fraction of sp³-hybridized carbons (Fsp3) is 0.417. The van der Waals surface area contributed by atoms with E-state index in [1.807, 2.05) is 30.3 Å². The third-order valence-electron chi connectivity index (χ3n) is 6.01. The van der Waals surface area contributed by atoms with Crippen molar-refractivity contribution in [3.8, 4) is 5.75 Å². The van der Waals surface area contributed by atoms with Gasteiger partial charge in [-0.3, -0.25) is 9.59 Å². The van der Waals surface area contributed by atoms with Crippen LogP contribution in [0.5, 0.6) is 5.75 Å². The lowest BCUT2D eigenvalue weighted by Gasteiger charge is -2.32. The highest BCUT2D eigenvalue weighted by Crippen LogP contribution is 2.38. The van der Waals surface area contributed by atoms with E-state index in [9.17, 15) is 9.59 Å². The molecule has 1 N–H and O–H groups in total. The van der Waals surface area contributed by atoms with E-state index in [2.05, 4.69) is 38.2 Å². The standard InChI is InChI=1S/C24H28N2O3/c1-4-24(2,3)18-8-11-21-20(13-18)26(22(27)15-29-21)14-16-6-5-7-17(12-16)23(28)25-19-9-10-19/h5-8,11-13,19H,4,9-10,14-15H2,1-3H3,(H,25,28). The van der Waals surface area contributed by atoms with E-state index in [0.29, 0.717) is 18.2 Å². The maximum Gasteiger partial charge on any atom is 0.265 e. The summed E-state index contributed by atoms with van der Waals surface area (Å²) in [5.41, 5.74) is 3.56. The van der Waals surface area contributed by atoms with Gasteiger partial charge in [-0.25, -0.2) is 0 Å². The van der Waals surface area contributed by atoms with E-state index >= 15 is 0 Å². The molecule has 2 aromatic rings. The predicted octanol–water partition coefficient (Wildman–Crippen LogP) is 4.19. The minimum Gasteiger partial charge on any atom is -0.482 e. The van der Waals surface area contributed by atoms with Gasteiger partial charge in [-0.1, -0.05) is 39.0 Å². The Labute approximate surface area is 172 Å². The molecular weight excluding hydrogens is 364 g/mol. The third kappa shape index (κ3) is 4.14. The Kier molecular flexibility index (Phi) is 5.07. The minimum absolute atomic E-state index is 0.0159. The van der Waals surface area contributed by atoms with Crippen molar-refractivity contribution in [1.82, 2.24) is 5.32 Å². The number of rotatable bonds is 6. The van der Waals surface area contributed by atoms with Crippen molar-refractivity contribution in [3.63, 3.8) is 0 Å². The molecular formula is C24H28N2O3. The molecule has 0 unspecified atom stereocenters. The monoisotopic (exact) mass is 392 g/mol. The van der Waals surface area contributed by atoms with E-state index in [1.165, 1.54) is 5.56 Å². The molecule has 4 rings (SSSR count). The van der Waals surface area contributed by atoms with Gasteiger partial charge in [-0.15, -0.1) is 0 Å². The minimum atomic E-state index is -0.0724. The second-order valence-corrected chi connectivity index (χ2v) is 8.64. The highest BCUT2D eigenvalue weighted by atomic mass is 16.5. The summed E-state index contributed by atoms with van der Waals surface area (Å²) >= 11 is 0. The van der Waals surface area contributed by atoms with Crippen LogP contribution in [-0.2, 0) is 16.8 Å². The van der Waals surface area contributed by atoms with Gasteiger partial charge in [0.15, 0.2) is 6.61 Å². The maximum atomic E-state index is 12.7. The van der Waals surface area contributed by atoms with E-state index in [-0.39, 0.29) is 23.8 Å². The molecule has 0 saturated heterocycles. The number of carbonyl (C=O) groups is 2. The highest BCUT2D eigenvalue weighted by Gasteiger charge is 2.29. The molecule has 152 valence electrons. The summed E-state index contributed by atoms with van der Waals surface area (Å²) in [5.74, 6) is 0.606. The molecule has 0 aromatic heterocycles. The topological polar surface area (TPSA) is 58.6 Å². The number of amides is 2. The number of hydrogen-bond acceptors (Lipinski definition) is 3. The largest absolute Gasteiger partial charge is 0.482 e. The van der Waals surface area contributed by atoms with Crippen molar-refractivity contribution >= 4 is 17.5 Å². The summed E-state index contributed by atoms with van der Waals surface area (Å²) < 4.78 is 5.66. The van der Waals surface area contributed by atoms with Gasteiger partial charge in [0.25, 0.3) is 11.8 Å². The Morgan fingerprint density at radius 2 is 2.00 bits per heavy atom. The molecule has 1 aliphatic carbocycles. The highest BCUT2D eigenvalue weighted by molar-refractivity contribution is 5.98. The Morgan fingerprint density at radius 1 is 1.21 bits per heavy atom. The van der Waals surface area contributed by atoms with Crippen LogP contribution in [0.1, 0.15) is 61.5 Å². The van der Waals surface area contributed by atoms with Gasteiger partial charge in [0, 0.05) is 11.6 Å². The Bertz CT molecular complexity index is 947. The summed E-state index contributed by atoms with van der Waals surface area (Å²) in [6, 6.07) is 14.0. The van der Waals surface area contributed by atoms with Crippen LogP contribution in [0.15, 0.2) is 42.5 Å². The molecule has 0 bridgehead atoms. The molecule has 1 saturated carbocycles. The van der Waals surface area contributed by atoms with E-state index in [1.54, 1.807) is 4.90 Å². The van der Waals surface area contributed by atoms with E-state index in [4.69, 9.17) is 4.74 Å². The summed E-state index contributed by atoms with van der Waals surface area (Å²) in [5, 5.41) is 3.02. The van der Waals surface area contributed by atoms with E-state index < -0.39 is 0 Å². The fourth-order valence-electron chi connectivity index (χ4n) is 3.49. The molecule has 0 atom stereocenters. The first-order valence-corrected chi connectivity index (χ1v) is 10.3. The number of ether oxygens (including phenoxy) is 1. The number of carbonyl (C=O) groups excluding carboxylic acids is 2. The molecule has 1 aliphatic heterocycles. The Hall–Kier alpha value is -2.82. The SMILES string of the molecule is CCC(C)(C)c1ccc2c(c1)N(Cc1cccc(C(=O)NC3CC3)c1)C(=O)CO2. The van der Waals surface area contributed by atoms with Crippen LogP contribution in [0.3, 0.4) is 0 Å². The molecule has 2 aromatic carbocycles. The van der Waals surface area contributed by atoms with Crippen molar-refractivity contribution in [2.24, 2.45) is 0 Å². The fourth-order valence-corrected chi connectivity index (χ4v) is 3.49. The zero-order valence-electron chi connectivity index (χ0n) is 17.3. The summed E-state index contributed by atoms with van der Waals surface area (Å²) in [6.07, 6.45) is 3.11. The second-order valence-electron chi connectivity index (χ2n) is 8.64. The molecule has 2 aliphatic rings. The van der Waals surface area contributed by atoms with Crippen LogP contribution < -0.4 is 15.0 Å². The van der Waals surface area contributed by atoms with Gasteiger partial charge >= 0.3 is 0 Å². The first-order valence-electron chi connectivity index (χ1n) is 10.3. The lowest BCUT2D eigenvalue weighted by molar-refractivity contribution is -0.121. The van der Waals surface area contributed by atoms with Gasteiger partial charge in [0.05, 0.1) is 12.2 Å². The summed E-state index contributed by atoms with van der Waals surface area (Å²) in [4.78, 5) is 26.8. The number of nitrogens with zero attached hydrogens (tertiary/aromatic N) is 1. The molecule has 29 heavy (non-hydrogen) atoms. The second kappa shape index (κ2) is 7.54. The summed E-state index contributed by atoms with van der Waals surface area (Å²) in [6.45, 7) is 7.01. The van der Waals surface area contributed by atoms with Crippen LogP contribution >= 0.6 is 0 Å². The number of nitrogens with one attached hydrogen (secondary N) is 1. The molecule has 2 amide bonds. The summed E-state index contributed by atoms with van der Waals surface area (Å²) in [7, 11) is 0. The van der Waals surface area contributed by atoms with Gasteiger partial charge < -0.3 is 15.0 Å². The zero-order valence-corrected chi connectivity index (χ0v) is 17.3. The molecule has 0 spiro atoms. The molecule has 1 fully saturated rings. The molecule has 0 radical (unpaired) electrons. The molecule has 5 heteroatoms. The van der Waals surface area contributed by atoms with Crippen molar-refractivity contribution in [3.05, 3.63) is 59.2 Å². The van der Waals surface area contributed by atoms with Crippen LogP contribution in [0.25, 0.3) is 0 Å². The zero-order chi connectivity index (χ0) is 20.6. The lowest BCUT2D eigenvalue weighted by Crippen LogP contribution is -2.38. The van der Waals surface area contributed by atoms with Crippen molar-refractivity contribution in [2.45, 2.75) is 58.0 Å². The van der Waals surface area contributed by atoms with Crippen molar-refractivity contribution in [2.75, 3.05) is 11.5 Å². The van der Waals surface area contributed by atoms with Crippen LogP contribution in [-0.4, -0.2) is 24.5 Å². The predicted molar refractivity (Wildman–Crippen MR) is 113 cm³/mol. The molecule has 5 nitrogen and oxygen atoms in total. The van der Waals surface area contributed by atoms with Crippen LogP contribution in [0.2, 0.25) is 0 Å². The third-order valence-corrected chi connectivity index (χ3v) is 6.01. The number of hydrogen-bond donors (Lipinski definition) is 1. The Morgan fingerprint density at radius 3 is 2.72 bits per heavy atom. The number of fused-ring (bicyclic) bond motifs is 1. The lowest BCUT2D eigenvalue weighted by atomic mass is 9.82. The average Bonchev–Trinajstić information content (AvgIpc) is 3.54. The van der Waals surface area contributed by atoms with Gasteiger partial charge in [0.2, 0.25) is 0 Å².